The van der Waals surface area contributed by atoms with Crippen molar-refractivity contribution in [3.05, 3.63) is 47.8 Å². The van der Waals surface area contributed by atoms with E-state index in [-0.39, 0.29) is 22.2 Å². The maximum atomic E-state index is 13.9. The predicted octanol–water partition coefficient (Wildman–Crippen LogP) is 2.84. The van der Waals surface area contributed by atoms with Crippen molar-refractivity contribution in [2.75, 3.05) is 19.5 Å². The number of methoxy groups -OCH3 is 2. The van der Waals surface area contributed by atoms with E-state index in [4.69, 9.17) is 9.47 Å². The van der Waals surface area contributed by atoms with Gasteiger partial charge in [0.05, 0.1) is 24.8 Å². The van der Waals surface area contributed by atoms with E-state index in [0.717, 1.165) is 0 Å². The third-order valence-electron chi connectivity index (χ3n) is 3.80. The van der Waals surface area contributed by atoms with E-state index in [2.05, 4.69) is 10.0 Å². The Morgan fingerprint density at radius 1 is 1.07 bits per heavy atom. The van der Waals surface area contributed by atoms with E-state index in [0.29, 0.717) is 11.3 Å². The van der Waals surface area contributed by atoms with E-state index >= 15 is 0 Å². The summed E-state index contributed by atoms with van der Waals surface area (Å²) in [4.78, 5) is 11.2. The van der Waals surface area contributed by atoms with Crippen molar-refractivity contribution in [1.82, 2.24) is 4.72 Å². The number of anilines is 1. The fourth-order valence-electron chi connectivity index (χ4n) is 2.46. The minimum atomic E-state index is -3.93. The van der Waals surface area contributed by atoms with E-state index in [1.165, 1.54) is 51.5 Å². The maximum absolute atomic E-state index is 13.9. The number of hydrogen-bond acceptors (Lipinski definition) is 5. The van der Waals surface area contributed by atoms with Gasteiger partial charge in [0, 0.05) is 13.0 Å². The van der Waals surface area contributed by atoms with Crippen molar-refractivity contribution >= 4 is 21.6 Å². The molecule has 9 heteroatoms. The second-order valence-corrected chi connectivity index (χ2v) is 7.49. The molecule has 27 heavy (non-hydrogen) atoms. The summed E-state index contributed by atoms with van der Waals surface area (Å²) in [6, 6.07) is 7.61. The first-order valence-corrected chi connectivity index (χ1v) is 9.47. The minimum absolute atomic E-state index is 0.0621. The Labute approximate surface area is 157 Å². The molecule has 1 amide bonds. The van der Waals surface area contributed by atoms with Crippen molar-refractivity contribution in [1.29, 1.82) is 0 Å². The molecule has 0 heterocycles. The number of sulfonamides is 1. The zero-order chi connectivity index (χ0) is 20.2. The molecule has 0 spiro atoms. The first kappa shape index (κ1) is 20.7. The molecule has 0 aromatic heterocycles. The fourth-order valence-corrected chi connectivity index (χ4v) is 3.72. The van der Waals surface area contributed by atoms with Crippen LogP contribution >= 0.6 is 0 Å². The third kappa shape index (κ3) is 4.95. The Hall–Kier alpha value is -2.65. The van der Waals surface area contributed by atoms with Crippen LogP contribution in [0.15, 0.2) is 41.3 Å². The molecular formula is C18H21FN2O5S. The number of carbonyl (C=O) groups is 1. The van der Waals surface area contributed by atoms with Crippen LogP contribution in [-0.4, -0.2) is 28.5 Å². The summed E-state index contributed by atoms with van der Waals surface area (Å²) in [5, 5.41) is 2.52. The highest BCUT2D eigenvalue weighted by molar-refractivity contribution is 7.89. The molecule has 0 saturated heterocycles. The molecule has 0 bridgehead atoms. The van der Waals surface area contributed by atoms with Gasteiger partial charge in [-0.1, -0.05) is 6.07 Å². The van der Waals surface area contributed by atoms with Gasteiger partial charge < -0.3 is 14.8 Å². The van der Waals surface area contributed by atoms with E-state index in [9.17, 15) is 17.6 Å². The summed E-state index contributed by atoms with van der Waals surface area (Å²) < 4.78 is 51.7. The van der Waals surface area contributed by atoms with E-state index in [1.54, 1.807) is 13.0 Å². The van der Waals surface area contributed by atoms with Crippen molar-refractivity contribution < 1.29 is 27.1 Å². The van der Waals surface area contributed by atoms with Crippen LogP contribution in [-0.2, 0) is 14.8 Å². The van der Waals surface area contributed by atoms with E-state index < -0.39 is 21.9 Å². The van der Waals surface area contributed by atoms with Gasteiger partial charge in [0.2, 0.25) is 15.9 Å². The molecule has 2 N–H and O–H groups in total. The second-order valence-electron chi connectivity index (χ2n) is 5.78. The zero-order valence-corrected chi connectivity index (χ0v) is 16.2. The molecule has 1 atom stereocenters. The fraction of sp³-hybridized carbons (Fsp3) is 0.278. The van der Waals surface area contributed by atoms with Gasteiger partial charge >= 0.3 is 0 Å². The molecule has 0 saturated carbocycles. The highest BCUT2D eigenvalue weighted by Gasteiger charge is 2.21. The Bertz CT molecular complexity index is 947. The molecule has 146 valence electrons. The zero-order valence-electron chi connectivity index (χ0n) is 15.4. The monoisotopic (exact) mass is 396 g/mol. The molecule has 0 aliphatic carbocycles. The standard InChI is InChI=1S/C18H21FN2O5S/c1-11(13-5-7-17(25-3)15(19)9-13)21-27(23,24)14-6-8-18(26-4)16(10-14)20-12(2)22/h5-11,21H,1-4H3,(H,20,22). The molecule has 2 aromatic carbocycles. The van der Waals surface area contributed by atoms with Gasteiger partial charge in [-0.2, -0.15) is 0 Å². The maximum Gasteiger partial charge on any atom is 0.241 e. The Morgan fingerprint density at radius 3 is 2.26 bits per heavy atom. The van der Waals surface area contributed by atoms with E-state index in [1.807, 2.05) is 0 Å². The summed E-state index contributed by atoms with van der Waals surface area (Å²) in [5.74, 6) is -0.547. The number of carbonyl (C=O) groups excluding carboxylic acids is 1. The number of benzene rings is 2. The molecular weight excluding hydrogens is 375 g/mol. The van der Waals surface area contributed by atoms with Crippen LogP contribution in [0.3, 0.4) is 0 Å². The Kier molecular flexibility index (Phi) is 6.40. The predicted molar refractivity (Wildman–Crippen MR) is 99.0 cm³/mol. The second kappa shape index (κ2) is 8.36. The highest BCUT2D eigenvalue weighted by Crippen LogP contribution is 2.29. The third-order valence-corrected chi connectivity index (χ3v) is 5.34. The first-order chi connectivity index (χ1) is 12.7. The van der Waals surface area contributed by atoms with Gasteiger partial charge in [-0.3, -0.25) is 4.79 Å². The molecule has 0 fully saturated rings. The lowest BCUT2D eigenvalue weighted by Gasteiger charge is -2.17. The summed E-state index contributed by atoms with van der Waals surface area (Å²) in [6.45, 7) is 2.90. The summed E-state index contributed by atoms with van der Waals surface area (Å²) in [5.41, 5.74) is 0.670. The molecule has 0 radical (unpaired) electrons. The minimum Gasteiger partial charge on any atom is -0.495 e. The van der Waals surface area contributed by atoms with Gasteiger partial charge in [0.15, 0.2) is 11.6 Å². The smallest absolute Gasteiger partial charge is 0.241 e. The number of hydrogen-bond donors (Lipinski definition) is 2. The number of ether oxygens (including phenoxy) is 2. The quantitative estimate of drug-likeness (QED) is 0.751. The number of rotatable bonds is 7. The number of amides is 1. The van der Waals surface area contributed by atoms with Crippen LogP contribution < -0.4 is 19.5 Å². The SMILES string of the molecule is COc1ccc(C(C)NS(=O)(=O)c2ccc(OC)c(NC(C)=O)c2)cc1F. The summed E-state index contributed by atoms with van der Waals surface area (Å²) in [6.07, 6.45) is 0. The summed E-state index contributed by atoms with van der Waals surface area (Å²) in [7, 11) is -1.17. The van der Waals surface area contributed by atoms with Gasteiger partial charge in [-0.15, -0.1) is 0 Å². The average molecular weight is 396 g/mol. The van der Waals surface area contributed by atoms with Gasteiger partial charge in [-0.05, 0) is 42.8 Å². The lowest BCUT2D eigenvalue weighted by Crippen LogP contribution is -2.27. The van der Waals surface area contributed by atoms with Crippen molar-refractivity contribution in [3.63, 3.8) is 0 Å². The number of halogens is 1. The first-order valence-electron chi connectivity index (χ1n) is 7.99. The van der Waals surface area contributed by atoms with Crippen LogP contribution in [0.1, 0.15) is 25.5 Å². The summed E-state index contributed by atoms with van der Waals surface area (Å²) >= 11 is 0. The topological polar surface area (TPSA) is 93.7 Å². The lowest BCUT2D eigenvalue weighted by atomic mass is 10.1. The van der Waals surface area contributed by atoms with Crippen LogP contribution in [0.5, 0.6) is 11.5 Å². The average Bonchev–Trinajstić information content (AvgIpc) is 2.60. The largest absolute Gasteiger partial charge is 0.495 e. The van der Waals surface area contributed by atoms with Crippen molar-refractivity contribution in [2.45, 2.75) is 24.8 Å². The molecule has 0 aliphatic rings. The van der Waals surface area contributed by atoms with Gasteiger partial charge in [-0.25, -0.2) is 17.5 Å². The van der Waals surface area contributed by atoms with Crippen LogP contribution in [0.2, 0.25) is 0 Å². The highest BCUT2D eigenvalue weighted by atomic mass is 32.2. The Morgan fingerprint density at radius 2 is 1.70 bits per heavy atom. The van der Waals surface area contributed by atoms with Crippen molar-refractivity contribution in [2.24, 2.45) is 0 Å². The molecule has 7 nitrogen and oxygen atoms in total. The molecule has 1 unspecified atom stereocenters. The van der Waals surface area contributed by atoms with Crippen LogP contribution in [0.4, 0.5) is 10.1 Å². The molecule has 0 aliphatic heterocycles. The van der Waals surface area contributed by atoms with Gasteiger partial charge in [0.1, 0.15) is 5.75 Å². The molecule has 2 rings (SSSR count). The van der Waals surface area contributed by atoms with Crippen LogP contribution in [0.25, 0.3) is 0 Å². The lowest BCUT2D eigenvalue weighted by molar-refractivity contribution is -0.114. The normalized spacial score (nSPS) is 12.3. The van der Waals surface area contributed by atoms with Crippen molar-refractivity contribution in [3.8, 4) is 11.5 Å². The Balaban J connectivity index is 2.30. The number of nitrogens with one attached hydrogen (secondary N) is 2. The van der Waals surface area contributed by atoms with Gasteiger partial charge in [0.25, 0.3) is 0 Å². The van der Waals surface area contributed by atoms with Crippen LogP contribution in [0, 0.1) is 5.82 Å². The molecule has 2 aromatic rings.